The number of ether oxygens (including phenoxy) is 4. The highest BCUT2D eigenvalue weighted by Crippen LogP contribution is 2.19. The fraction of sp³-hybridized carbons (Fsp3) is 1.00. The Hall–Kier alpha value is -0.200. The summed E-state index contributed by atoms with van der Waals surface area (Å²) in [6, 6.07) is 0. The Morgan fingerprint density at radius 3 is 2.31 bits per heavy atom. The first-order valence-electron chi connectivity index (χ1n) is 4.12. The second-order valence-electron chi connectivity index (χ2n) is 2.90. The third-order valence-electron chi connectivity index (χ3n) is 2.22. The van der Waals surface area contributed by atoms with Crippen molar-refractivity contribution in [3.8, 4) is 0 Å². The number of hydrogen-bond donors (Lipinski definition) is 1. The first-order chi connectivity index (χ1) is 6.24. The van der Waals surface area contributed by atoms with Gasteiger partial charge in [0.15, 0.2) is 6.29 Å². The lowest BCUT2D eigenvalue weighted by molar-refractivity contribution is -0.271. The number of aliphatic hydroxyl groups is 1. The van der Waals surface area contributed by atoms with Crippen LogP contribution in [0.5, 0.6) is 0 Å². The molecule has 0 spiro atoms. The lowest BCUT2D eigenvalue weighted by Gasteiger charge is -2.37. The van der Waals surface area contributed by atoms with Crippen LogP contribution >= 0.6 is 0 Å². The summed E-state index contributed by atoms with van der Waals surface area (Å²) in [6.07, 6.45) is -2.08. The number of methoxy groups -OCH3 is 3. The van der Waals surface area contributed by atoms with Gasteiger partial charge in [-0.3, -0.25) is 0 Å². The predicted octanol–water partition coefficient (Wildman–Crippen LogP) is -0.620. The molecule has 1 N–H and O–H groups in total. The highest BCUT2D eigenvalue weighted by atomic mass is 16.7. The molecule has 0 saturated carbocycles. The van der Waals surface area contributed by atoms with Crippen molar-refractivity contribution < 1.29 is 24.1 Å². The summed E-state index contributed by atoms with van der Waals surface area (Å²) in [4.78, 5) is 0. The van der Waals surface area contributed by atoms with Gasteiger partial charge in [0.25, 0.3) is 0 Å². The molecule has 1 aliphatic heterocycles. The third-order valence-corrected chi connectivity index (χ3v) is 2.22. The SMILES string of the molecule is CO[C@H]1OC[C@H](OC)[C@H](O)[C@@H]1OC. The van der Waals surface area contributed by atoms with Crippen LogP contribution in [0.1, 0.15) is 0 Å². The van der Waals surface area contributed by atoms with E-state index >= 15 is 0 Å². The van der Waals surface area contributed by atoms with Gasteiger partial charge in [0, 0.05) is 21.3 Å². The first kappa shape index (κ1) is 10.9. The molecule has 0 radical (unpaired) electrons. The average Bonchev–Trinajstić information content (AvgIpc) is 2.17. The van der Waals surface area contributed by atoms with E-state index in [1.807, 2.05) is 0 Å². The van der Waals surface area contributed by atoms with Crippen molar-refractivity contribution in [2.75, 3.05) is 27.9 Å². The minimum Gasteiger partial charge on any atom is -0.387 e. The fourth-order valence-corrected chi connectivity index (χ4v) is 1.42. The third kappa shape index (κ3) is 2.18. The molecule has 0 amide bonds. The molecule has 1 heterocycles. The highest BCUT2D eigenvalue weighted by Gasteiger charge is 2.40. The summed E-state index contributed by atoms with van der Waals surface area (Å²) in [5.41, 5.74) is 0. The van der Waals surface area contributed by atoms with Crippen molar-refractivity contribution in [3.05, 3.63) is 0 Å². The first-order valence-corrected chi connectivity index (χ1v) is 4.12. The Kier molecular flexibility index (Phi) is 4.08. The van der Waals surface area contributed by atoms with Gasteiger partial charge in [-0.15, -0.1) is 0 Å². The van der Waals surface area contributed by atoms with Crippen LogP contribution in [0.15, 0.2) is 0 Å². The second kappa shape index (κ2) is 4.88. The summed E-state index contributed by atoms with van der Waals surface area (Å²) < 4.78 is 20.3. The summed E-state index contributed by atoms with van der Waals surface area (Å²) in [7, 11) is 4.54. The van der Waals surface area contributed by atoms with Crippen LogP contribution < -0.4 is 0 Å². The molecule has 1 aliphatic rings. The van der Waals surface area contributed by atoms with Gasteiger partial charge in [0.05, 0.1) is 6.61 Å². The topological polar surface area (TPSA) is 57.2 Å². The Morgan fingerprint density at radius 2 is 1.85 bits per heavy atom. The molecule has 0 aromatic rings. The largest absolute Gasteiger partial charge is 0.387 e. The standard InChI is InChI=1S/C8H16O5/c1-10-5-4-13-8(12-3)7(11-2)6(5)9/h5-9H,4H2,1-3H3/t5-,6-,7-,8-/m0/s1. The van der Waals surface area contributed by atoms with Gasteiger partial charge < -0.3 is 24.1 Å². The van der Waals surface area contributed by atoms with Crippen molar-refractivity contribution in [3.63, 3.8) is 0 Å². The Bertz CT molecular complexity index is 151. The zero-order valence-electron chi connectivity index (χ0n) is 8.10. The number of rotatable bonds is 3. The molecular weight excluding hydrogens is 176 g/mol. The van der Waals surface area contributed by atoms with Crippen LogP contribution in [-0.4, -0.2) is 57.6 Å². The Morgan fingerprint density at radius 1 is 1.15 bits per heavy atom. The molecule has 78 valence electrons. The van der Waals surface area contributed by atoms with Crippen LogP contribution in [0.3, 0.4) is 0 Å². The van der Waals surface area contributed by atoms with E-state index in [-0.39, 0.29) is 6.10 Å². The molecule has 13 heavy (non-hydrogen) atoms. The van der Waals surface area contributed by atoms with E-state index < -0.39 is 18.5 Å². The molecule has 1 rings (SSSR count). The molecule has 1 saturated heterocycles. The van der Waals surface area contributed by atoms with E-state index in [0.717, 1.165) is 0 Å². The minimum absolute atomic E-state index is 0.316. The van der Waals surface area contributed by atoms with Crippen molar-refractivity contribution >= 4 is 0 Å². The van der Waals surface area contributed by atoms with Gasteiger partial charge in [-0.1, -0.05) is 0 Å². The molecule has 5 nitrogen and oxygen atoms in total. The van der Waals surface area contributed by atoms with Crippen LogP contribution in [-0.2, 0) is 18.9 Å². The van der Waals surface area contributed by atoms with E-state index in [1.165, 1.54) is 21.3 Å². The van der Waals surface area contributed by atoms with Crippen molar-refractivity contribution in [2.45, 2.75) is 24.6 Å². The molecule has 4 atom stereocenters. The molecule has 0 aliphatic carbocycles. The van der Waals surface area contributed by atoms with E-state index in [4.69, 9.17) is 18.9 Å². The summed E-state index contributed by atoms with van der Waals surface area (Å²) in [5, 5.41) is 9.72. The molecule has 5 heteroatoms. The predicted molar refractivity (Wildman–Crippen MR) is 44.3 cm³/mol. The molecule has 0 bridgehead atoms. The van der Waals surface area contributed by atoms with Gasteiger partial charge in [-0.25, -0.2) is 0 Å². The Labute approximate surface area is 77.5 Å². The maximum absolute atomic E-state index is 9.72. The Balaban J connectivity index is 2.59. The molecule has 0 unspecified atom stereocenters. The van der Waals surface area contributed by atoms with Gasteiger partial charge in [0.1, 0.15) is 18.3 Å². The van der Waals surface area contributed by atoms with Crippen molar-refractivity contribution in [2.24, 2.45) is 0 Å². The molecule has 0 aromatic carbocycles. The summed E-state index contributed by atoms with van der Waals surface area (Å²) >= 11 is 0. The molecule has 0 aromatic heterocycles. The number of hydrogen-bond acceptors (Lipinski definition) is 5. The smallest absolute Gasteiger partial charge is 0.186 e. The van der Waals surface area contributed by atoms with Crippen LogP contribution in [0.4, 0.5) is 0 Å². The fourth-order valence-electron chi connectivity index (χ4n) is 1.42. The van der Waals surface area contributed by atoms with Crippen molar-refractivity contribution in [1.29, 1.82) is 0 Å². The van der Waals surface area contributed by atoms with Crippen LogP contribution in [0, 0.1) is 0 Å². The summed E-state index contributed by atoms with van der Waals surface area (Å²) in [5.74, 6) is 0. The second-order valence-corrected chi connectivity index (χ2v) is 2.90. The van der Waals surface area contributed by atoms with Crippen LogP contribution in [0.25, 0.3) is 0 Å². The average molecular weight is 192 g/mol. The van der Waals surface area contributed by atoms with Gasteiger partial charge in [0.2, 0.25) is 0 Å². The van der Waals surface area contributed by atoms with Gasteiger partial charge in [-0.2, -0.15) is 0 Å². The zero-order valence-corrected chi connectivity index (χ0v) is 8.10. The summed E-state index contributed by atoms with van der Waals surface area (Å²) in [6.45, 7) is 0.316. The van der Waals surface area contributed by atoms with E-state index in [0.29, 0.717) is 6.61 Å². The van der Waals surface area contributed by atoms with Gasteiger partial charge in [-0.05, 0) is 0 Å². The maximum Gasteiger partial charge on any atom is 0.186 e. The lowest BCUT2D eigenvalue weighted by atomic mass is 10.1. The normalized spacial score (nSPS) is 40.6. The quantitative estimate of drug-likeness (QED) is 0.646. The minimum atomic E-state index is -0.714. The maximum atomic E-state index is 9.72. The van der Waals surface area contributed by atoms with Gasteiger partial charge >= 0.3 is 0 Å². The zero-order chi connectivity index (χ0) is 9.84. The van der Waals surface area contributed by atoms with E-state index in [9.17, 15) is 5.11 Å². The lowest BCUT2D eigenvalue weighted by Crippen LogP contribution is -2.54. The van der Waals surface area contributed by atoms with Crippen LogP contribution in [0.2, 0.25) is 0 Å². The van der Waals surface area contributed by atoms with E-state index in [1.54, 1.807) is 0 Å². The van der Waals surface area contributed by atoms with E-state index in [2.05, 4.69) is 0 Å². The highest BCUT2D eigenvalue weighted by molar-refractivity contribution is 4.84. The monoisotopic (exact) mass is 192 g/mol. The number of aliphatic hydroxyl groups excluding tert-OH is 1. The molecule has 1 fully saturated rings. The molecular formula is C8H16O5. The van der Waals surface area contributed by atoms with Crippen molar-refractivity contribution in [1.82, 2.24) is 0 Å².